The van der Waals surface area contributed by atoms with Gasteiger partial charge in [-0.15, -0.1) is 0 Å². The third-order valence-corrected chi connectivity index (χ3v) is 4.10. The molecule has 108 valence electrons. The van der Waals surface area contributed by atoms with Crippen LogP contribution in [-0.2, 0) is 11.2 Å². The highest BCUT2D eigenvalue weighted by Crippen LogP contribution is 2.46. The van der Waals surface area contributed by atoms with Gasteiger partial charge >= 0.3 is 0 Å². The van der Waals surface area contributed by atoms with E-state index in [2.05, 4.69) is 0 Å². The van der Waals surface area contributed by atoms with Gasteiger partial charge in [-0.2, -0.15) is 0 Å². The SMILES string of the molecule is CCF.COc1ccc2c(c1Cl)CC1CCC(=O)C=C21. The van der Waals surface area contributed by atoms with E-state index in [4.69, 9.17) is 16.3 Å². The maximum Gasteiger partial charge on any atom is 0.156 e. The predicted octanol–water partition coefficient (Wildman–Crippen LogP) is 4.24. The van der Waals surface area contributed by atoms with E-state index in [1.54, 1.807) is 13.2 Å². The van der Waals surface area contributed by atoms with Gasteiger partial charge in [-0.3, -0.25) is 9.18 Å². The van der Waals surface area contributed by atoms with E-state index in [1.165, 1.54) is 12.5 Å². The molecule has 1 atom stereocenters. The lowest BCUT2D eigenvalue weighted by atomic mass is 9.88. The molecule has 0 saturated carbocycles. The second kappa shape index (κ2) is 6.40. The third kappa shape index (κ3) is 2.73. The van der Waals surface area contributed by atoms with Crippen LogP contribution >= 0.6 is 11.6 Å². The molecule has 20 heavy (non-hydrogen) atoms. The predicted molar refractivity (Wildman–Crippen MR) is 79.1 cm³/mol. The molecule has 1 aromatic rings. The van der Waals surface area contributed by atoms with Crippen molar-refractivity contribution in [2.75, 3.05) is 13.8 Å². The number of allylic oxidation sites excluding steroid dienone is 2. The molecule has 1 unspecified atom stereocenters. The molecule has 0 aromatic heterocycles. The van der Waals surface area contributed by atoms with Gasteiger partial charge < -0.3 is 4.74 Å². The number of ketones is 1. The molecule has 0 N–H and O–H groups in total. The highest BCUT2D eigenvalue weighted by atomic mass is 35.5. The van der Waals surface area contributed by atoms with Crippen LogP contribution in [0.3, 0.4) is 0 Å². The third-order valence-electron chi connectivity index (χ3n) is 3.68. The minimum absolute atomic E-state index is 0.232. The zero-order chi connectivity index (χ0) is 14.7. The topological polar surface area (TPSA) is 26.3 Å². The largest absolute Gasteiger partial charge is 0.495 e. The van der Waals surface area contributed by atoms with E-state index in [0.717, 1.165) is 29.7 Å². The standard InChI is InChI=1S/C14H13ClO2.C2H5F/c1-17-13-5-4-10-11-7-9(16)3-2-8(11)6-12(10)14(13)15;1-2-3/h4-5,7-8H,2-3,6H2,1H3;2H2,1H3. The van der Waals surface area contributed by atoms with Gasteiger partial charge in [0, 0.05) is 6.42 Å². The molecule has 0 radical (unpaired) electrons. The van der Waals surface area contributed by atoms with Gasteiger partial charge in [0.2, 0.25) is 0 Å². The van der Waals surface area contributed by atoms with E-state index in [1.807, 2.05) is 12.1 Å². The molecule has 2 aliphatic carbocycles. The van der Waals surface area contributed by atoms with Gasteiger partial charge in [-0.25, -0.2) is 0 Å². The Labute approximate surface area is 123 Å². The first-order valence-corrected chi connectivity index (χ1v) is 7.16. The van der Waals surface area contributed by atoms with Crippen molar-refractivity contribution >= 4 is 23.0 Å². The molecule has 4 heteroatoms. The summed E-state index contributed by atoms with van der Waals surface area (Å²) < 4.78 is 15.5. The van der Waals surface area contributed by atoms with Crippen LogP contribution in [-0.4, -0.2) is 19.6 Å². The van der Waals surface area contributed by atoms with Crippen LogP contribution in [0.2, 0.25) is 5.02 Å². The fourth-order valence-corrected chi connectivity index (χ4v) is 3.14. The van der Waals surface area contributed by atoms with Gasteiger partial charge in [-0.05, 0) is 54.5 Å². The lowest BCUT2D eigenvalue weighted by molar-refractivity contribution is -0.115. The molecular formula is C16H18ClFO2. The van der Waals surface area contributed by atoms with Crippen molar-refractivity contribution in [2.24, 2.45) is 5.92 Å². The van der Waals surface area contributed by atoms with Crippen LogP contribution in [0, 0.1) is 5.92 Å². The minimum atomic E-state index is -0.250. The fourth-order valence-electron chi connectivity index (χ4n) is 2.82. The number of fused-ring (bicyclic) bond motifs is 3. The van der Waals surface area contributed by atoms with Crippen molar-refractivity contribution in [2.45, 2.75) is 26.2 Å². The van der Waals surface area contributed by atoms with E-state index >= 15 is 0 Å². The lowest BCUT2D eigenvalue weighted by Crippen LogP contribution is -2.09. The molecule has 0 saturated heterocycles. The van der Waals surface area contributed by atoms with E-state index < -0.39 is 0 Å². The second-order valence-electron chi connectivity index (χ2n) is 4.88. The van der Waals surface area contributed by atoms with E-state index in [9.17, 15) is 9.18 Å². The van der Waals surface area contributed by atoms with Crippen molar-refractivity contribution in [3.05, 3.63) is 34.4 Å². The Morgan fingerprint density at radius 3 is 2.80 bits per heavy atom. The Hall–Kier alpha value is -1.35. The number of hydrogen-bond donors (Lipinski definition) is 0. The van der Waals surface area contributed by atoms with Crippen LogP contribution in [0.1, 0.15) is 30.9 Å². The van der Waals surface area contributed by atoms with Crippen LogP contribution in [0.5, 0.6) is 5.75 Å². The summed E-state index contributed by atoms with van der Waals surface area (Å²) in [6.45, 7) is 1.21. The molecule has 0 spiro atoms. The van der Waals surface area contributed by atoms with Crippen LogP contribution in [0.4, 0.5) is 4.39 Å². The molecule has 2 nitrogen and oxygen atoms in total. The monoisotopic (exact) mass is 296 g/mol. The van der Waals surface area contributed by atoms with Gasteiger partial charge in [-0.1, -0.05) is 17.7 Å². The minimum Gasteiger partial charge on any atom is -0.495 e. The lowest BCUT2D eigenvalue weighted by Gasteiger charge is -2.15. The Morgan fingerprint density at radius 2 is 2.15 bits per heavy atom. The molecular weight excluding hydrogens is 279 g/mol. The van der Waals surface area contributed by atoms with Crippen LogP contribution in [0.25, 0.3) is 5.57 Å². The highest BCUT2D eigenvalue weighted by molar-refractivity contribution is 6.33. The summed E-state index contributed by atoms with van der Waals surface area (Å²) in [5, 5.41) is 0.702. The number of alkyl halides is 1. The maximum absolute atomic E-state index is 11.5. The Balaban J connectivity index is 0.000000452. The zero-order valence-electron chi connectivity index (χ0n) is 11.7. The highest BCUT2D eigenvalue weighted by Gasteiger charge is 2.32. The zero-order valence-corrected chi connectivity index (χ0v) is 12.5. The summed E-state index contributed by atoms with van der Waals surface area (Å²) >= 11 is 6.32. The number of carbonyl (C=O) groups excluding carboxylic acids is 1. The van der Waals surface area contributed by atoms with Crippen molar-refractivity contribution in [3.63, 3.8) is 0 Å². The van der Waals surface area contributed by atoms with Crippen molar-refractivity contribution in [3.8, 4) is 5.75 Å². The molecule has 1 aromatic carbocycles. The summed E-state index contributed by atoms with van der Waals surface area (Å²) in [5.74, 6) is 1.42. The number of rotatable bonds is 1. The van der Waals surface area contributed by atoms with Crippen molar-refractivity contribution < 1.29 is 13.9 Å². The molecule has 0 bridgehead atoms. The number of carbonyl (C=O) groups is 1. The Bertz CT molecular complexity index is 552. The smallest absolute Gasteiger partial charge is 0.156 e. The first kappa shape index (κ1) is 15.0. The number of halogens is 2. The normalized spacial score (nSPS) is 19.5. The average molecular weight is 297 g/mol. The van der Waals surface area contributed by atoms with Gasteiger partial charge in [0.1, 0.15) is 5.75 Å². The fraction of sp³-hybridized carbons (Fsp3) is 0.438. The van der Waals surface area contributed by atoms with Gasteiger partial charge in [0.15, 0.2) is 5.78 Å². The van der Waals surface area contributed by atoms with E-state index in [0.29, 0.717) is 17.4 Å². The van der Waals surface area contributed by atoms with Crippen LogP contribution in [0.15, 0.2) is 18.2 Å². The van der Waals surface area contributed by atoms with Gasteiger partial charge in [0.05, 0.1) is 18.8 Å². The number of methoxy groups -OCH3 is 1. The molecule has 2 aliphatic rings. The van der Waals surface area contributed by atoms with Gasteiger partial charge in [0.25, 0.3) is 0 Å². The number of hydrogen-bond acceptors (Lipinski definition) is 2. The van der Waals surface area contributed by atoms with E-state index in [-0.39, 0.29) is 12.5 Å². The number of ether oxygens (including phenoxy) is 1. The Kier molecular flexibility index (Phi) is 4.81. The molecule has 0 heterocycles. The number of benzene rings is 1. The summed E-state index contributed by atoms with van der Waals surface area (Å²) in [6, 6.07) is 3.90. The first-order chi connectivity index (χ1) is 9.62. The molecule has 3 rings (SSSR count). The quantitative estimate of drug-likeness (QED) is 0.774. The van der Waals surface area contributed by atoms with Crippen molar-refractivity contribution in [1.29, 1.82) is 0 Å². The summed E-state index contributed by atoms with van der Waals surface area (Å²) in [5.41, 5.74) is 3.44. The summed E-state index contributed by atoms with van der Waals surface area (Å²) in [4.78, 5) is 11.5. The van der Waals surface area contributed by atoms with Crippen LogP contribution < -0.4 is 4.74 Å². The summed E-state index contributed by atoms with van der Waals surface area (Å²) in [6.07, 6.45) is 4.34. The second-order valence-corrected chi connectivity index (χ2v) is 5.26. The molecule has 0 fully saturated rings. The molecule has 0 aliphatic heterocycles. The first-order valence-electron chi connectivity index (χ1n) is 6.78. The summed E-state index contributed by atoms with van der Waals surface area (Å²) in [7, 11) is 1.62. The van der Waals surface area contributed by atoms with Crippen molar-refractivity contribution in [1.82, 2.24) is 0 Å². The average Bonchev–Trinajstić information content (AvgIpc) is 2.79. The Morgan fingerprint density at radius 1 is 1.45 bits per heavy atom. The maximum atomic E-state index is 11.5. The molecule has 0 amide bonds.